The lowest BCUT2D eigenvalue weighted by Gasteiger charge is -2.31. The largest absolute Gasteiger partial charge is 0.444 e. The van der Waals surface area contributed by atoms with Crippen molar-refractivity contribution in [1.82, 2.24) is 14.7 Å². The van der Waals surface area contributed by atoms with E-state index in [1.807, 2.05) is 32.9 Å². The van der Waals surface area contributed by atoms with Crippen LogP contribution in [-0.2, 0) is 23.1 Å². The van der Waals surface area contributed by atoms with Crippen LogP contribution in [0.4, 0.5) is 10.6 Å². The fourth-order valence-corrected chi connectivity index (χ4v) is 3.13. The molecule has 1 aromatic heterocycles. The van der Waals surface area contributed by atoms with E-state index < -0.39 is 5.60 Å². The van der Waals surface area contributed by atoms with E-state index in [-0.39, 0.29) is 11.5 Å². The Labute approximate surface area is 161 Å². The molecule has 0 unspecified atom stereocenters. The molecule has 0 spiro atoms. The van der Waals surface area contributed by atoms with E-state index in [0.29, 0.717) is 18.9 Å². The van der Waals surface area contributed by atoms with E-state index in [1.165, 1.54) is 5.56 Å². The lowest BCUT2D eigenvalue weighted by molar-refractivity contribution is 0.0224. The van der Waals surface area contributed by atoms with Crippen LogP contribution in [0.5, 0.6) is 0 Å². The highest BCUT2D eigenvalue weighted by Gasteiger charge is 2.26. The van der Waals surface area contributed by atoms with Gasteiger partial charge in [-0.2, -0.15) is 5.10 Å². The fourth-order valence-electron chi connectivity index (χ4n) is 3.13. The van der Waals surface area contributed by atoms with Gasteiger partial charge in [-0.05, 0) is 50.5 Å². The quantitative estimate of drug-likeness (QED) is 0.822. The van der Waals surface area contributed by atoms with Crippen molar-refractivity contribution in [2.75, 3.05) is 12.3 Å². The molecule has 2 aromatic rings. The van der Waals surface area contributed by atoms with Crippen LogP contribution < -0.4 is 5.73 Å². The summed E-state index contributed by atoms with van der Waals surface area (Å²) >= 11 is 0. The molecule has 6 heteroatoms. The second kappa shape index (κ2) is 6.59. The summed E-state index contributed by atoms with van der Waals surface area (Å²) < 4.78 is 7.29. The number of benzene rings is 1. The Hall–Kier alpha value is -2.50. The maximum Gasteiger partial charge on any atom is 0.410 e. The second-order valence-corrected chi connectivity index (χ2v) is 9.22. The zero-order valence-corrected chi connectivity index (χ0v) is 17.2. The number of hydrogen-bond acceptors (Lipinski definition) is 4. The van der Waals surface area contributed by atoms with E-state index >= 15 is 0 Å². The van der Waals surface area contributed by atoms with Gasteiger partial charge in [-0.1, -0.05) is 26.8 Å². The van der Waals surface area contributed by atoms with E-state index in [9.17, 15) is 4.79 Å². The average molecular weight is 370 g/mol. The Balaban J connectivity index is 1.87. The molecule has 6 nitrogen and oxygen atoms in total. The number of rotatable bonds is 1. The van der Waals surface area contributed by atoms with Crippen molar-refractivity contribution in [2.45, 2.75) is 65.5 Å². The van der Waals surface area contributed by atoms with Crippen LogP contribution in [0.2, 0.25) is 0 Å². The first-order chi connectivity index (χ1) is 12.4. The molecule has 0 saturated heterocycles. The standard InChI is InChI=1S/C21H30N4O2/c1-20(2,3)17-12-18(22)25(23-17)16-8-7-14-9-10-24(13-15(14)11-16)19(26)27-21(4,5)6/h7-8,11-12H,9-10,13,22H2,1-6H3. The fraction of sp³-hybridized carbons (Fsp3) is 0.524. The number of nitrogens with two attached hydrogens (primary N) is 1. The normalized spacial score (nSPS) is 14.8. The molecule has 0 aliphatic carbocycles. The van der Waals surface area contributed by atoms with Crippen LogP contribution in [0.25, 0.3) is 5.69 Å². The smallest absolute Gasteiger partial charge is 0.410 e. The van der Waals surface area contributed by atoms with Crippen molar-refractivity contribution >= 4 is 11.9 Å². The summed E-state index contributed by atoms with van der Waals surface area (Å²) in [5.74, 6) is 0.611. The molecule has 0 saturated carbocycles. The van der Waals surface area contributed by atoms with E-state index in [1.54, 1.807) is 9.58 Å². The summed E-state index contributed by atoms with van der Waals surface area (Å²) in [7, 11) is 0. The van der Waals surface area contributed by atoms with Gasteiger partial charge in [0.05, 0.1) is 11.4 Å². The van der Waals surface area contributed by atoms with Crippen molar-refractivity contribution in [3.63, 3.8) is 0 Å². The number of nitrogens with zero attached hydrogens (tertiary/aromatic N) is 3. The molecule has 0 bridgehead atoms. The highest BCUT2D eigenvalue weighted by Crippen LogP contribution is 2.27. The summed E-state index contributed by atoms with van der Waals surface area (Å²) in [4.78, 5) is 14.2. The predicted octanol–water partition coefficient (Wildman–Crippen LogP) is 4.05. The minimum absolute atomic E-state index is 0.0684. The Morgan fingerprint density at radius 1 is 1.11 bits per heavy atom. The van der Waals surface area contributed by atoms with Gasteiger partial charge in [-0.15, -0.1) is 0 Å². The number of carbonyl (C=O) groups is 1. The number of amides is 1. The van der Waals surface area contributed by atoms with Crippen molar-refractivity contribution in [3.05, 3.63) is 41.1 Å². The van der Waals surface area contributed by atoms with Gasteiger partial charge in [-0.25, -0.2) is 9.48 Å². The first-order valence-electron chi connectivity index (χ1n) is 9.40. The van der Waals surface area contributed by atoms with Gasteiger partial charge >= 0.3 is 6.09 Å². The number of ether oxygens (including phenoxy) is 1. The first kappa shape index (κ1) is 19.3. The highest BCUT2D eigenvalue weighted by atomic mass is 16.6. The minimum atomic E-state index is -0.494. The van der Waals surface area contributed by atoms with Gasteiger partial charge in [0.2, 0.25) is 0 Å². The van der Waals surface area contributed by atoms with Gasteiger partial charge in [0.25, 0.3) is 0 Å². The predicted molar refractivity (Wildman–Crippen MR) is 107 cm³/mol. The minimum Gasteiger partial charge on any atom is -0.444 e. The Morgan fingerprint density at radius 3 is 2.41 bits per heavy atom. The Kier molecular flexibility index (Phi) is 4.70. The Bertz CT molecular complexity index is 856. The molecule has 1 aromatic carbocycles. The third-order valence-electron chi connectivity index (χ3n) is 4.60. The molecule has 3 rings (SSSR count). The molecule has 0 fully saturated rings. The number of hydrogen-bond donors (Lipinski definition) is 1. The third-order valence-corrected chi connectivity index (χ3v) is 4.60. The second-order valence-electron chi connectivity index (χ2n) is 9.22. The summed E-state index contributed by atoms with van der Waals surface area (Å²) in [6, 6.07) is 8.14. The van der Waals surface area contributed by atoms with E-state index in [4.69, 9.17) is 10.5 Å². The maximum absolute atomic E-state index is 12.4. The molecule has 2 heterocycles. The van der Waals surface area contributed by atoms with Crippen molar-refractivity contribution in [2.24, 2.45) is 0 Å². The molecule has 146 valence electrons. The van der Waals surface area contributed by atoms with E-state index in [2.05, 4.69) is 38.0 Å². The third kappa shape index (κ3) is 4.26. The van der Waals surface area contributed by atoms with Crippen LogP contribution in [-0.4, -0.2) is 32.9 Å². The average Bonchev–Trinajstić information content (AvgIpc) is 2.94. The van der Waals surface area contributed by atoms with Crippen molar-refractivity contribution in [1.29, 1.82) is 0 Å². The van der Waals surface area contributed by atoms with Crippen molar-refractivity contribution in [3.8, 4) is 5.69 Å². The lowest BCUT2D eigenvalue weighted by Crippen LogP contribution is -2.39. The first-order valence-corrected chi connectivity index (χ1v) is 9.40. The molecule has 0 atom stereocenters. The molecule has 1 amide bonds. The van der Waals surface area contributed by atoms with Crippen LogP contribution in [0.15, 0.2) is 24.3 Å². The molecule has 1 aliphatic heterocycles. The molecule has 1 aliphatic rings. The van der Waals surface area contributed by atoms with Gasteiger partial charge < -0.3 is 15.4 Å². The Morgan fingerprint density at radius 2 is 1.81 bits per heavy atom. The maximum atomic E-state index is 12.4. The SMILES string of the molecule is CC(C)(C)OC(=O)N1CCc2ccc(-n3nc(C(C)(C)C)cc3N)cc2C1. The van der Waals surface area contributed by atoms with Gasteiger partial charge in [0, 0.05) is 24.6 Å². The monoisotopic (exact) mass is 370 g/mol. The summed E-state index contributed by atoms with van der Waals surface area (Å²) in [6.45, 7) is 13.2. The highest BCUT2D eigenvalue weighted by molar-refractivity contribution is 5.68. The van der Waals surface area contributed by atoms with Gasteiger partial charge in [-0.3, -0.25) is 0 Å². The molecule has 27 heavy (non-hydrogen) atoms. The lowest BCUT2D eigenvalue weighted by atomic mass is 9.92. The summed E-state index contributed by atoms with van der Waals surface area (Å²) in [6.07, 6.45) is 0.545. The molecular weight excluding hydrogens is 340 g/mol. The van der Waals surface area contributed by atoms with Gasteiger partial charge in [0.15, 0.2) is 0 Å². The topological polar surface area (TPSA) is 73.4 Å². The molecule has 2 N–H and O–H groups in total. The van der Waals surface area contributed by atoms with Crippen LogP contribution in [0.1, 0.15) is 58.4 Å². The molecule has 0 radical (unpaired) electrons. The number of nitrogen functional groups attached to an aromatic ring is 1. The number of aromatic nitrogens is 2. The van der Waals surface area contributed by atoms with Gasteiger partial charge in [0.1, 0.15) is 11.4 Å². The van der Waals surface area contributed by atoms with Crippen LogP contribution in [0, 0.1) is 0 Å². The molecular formula is C21H30N4O2. The number of fused-ring (bicyclic) bond motifs is 1. The number of carbonyl (C=O) groups excluding carboxylic acids is 1. The van der Waals surface area contributed by atoms with E-state index in [0.717, 1.165) is 23.4 Å². The summed E-state index contributed by atoms with van der Waals surface area (Å²) in [5.41, 5.74) is 9.87. The van der Waals surface area contributed by atoms with Crippen LogP contribution >= 0.6 is 0 Å². The zero-order chi connectivity index (χ0) is 20.0. The summed E-state index contributed by atoms with van der Waals surface area (Å²) in [5, 5.41) is 4.69. The van der Waals surface area contributed by atoms with Crippen LogP contribution in [0.3, 0.4) is 0 Å². The number of anilines is 1. The zero-order valence-electron chi connectivity index (χ0n) is 17.2. The van der Waals surface area contributed by atoms with Crippen molar-refractivity contribution < 1.29 is 9.53 Å².